The van der Waals surface area contributed by atoms with Gasteiger partial charge in [0.25, 0.3) is 0 Å². The van der Waals surface area contributed by atoms with E-state index >= 15 is 0 Å². The van der Waals surface area contributed by atoms with Crippen molar-refractivity contribution >= 4 is 5.78 Å². The third-order valence-electron chi connectivity index (χ3n) is 3.10. The first-order valence-electron chi connectivity index (χ1n) is 5.23. The van der Waals surface area contributed by atoms with Crippen molar-refractivity contribution in [3.05, 3.63) is 0 Å². The molecule has 1 saturated heterocycles. The Morgan fingerprint density at radius 3 is 2.62 bits per heavy atom. The lowest BCUT2D eigenvalue weighted by Crippen LogP contribution is -2.41. The van der Waals surface area contributed by atoms with Gasteiger partial charge in [0.1, 0.15) is 5.78 Å². The van der Waals surface area contributed by atoms with E-state index in [0.29, 0.717) is 5.78 Å². The second-order valence-corrected chi connectivity index (χ2v) is 4.34. The Kier molecular flexibility index (Phi) is 2.65. The number of hydrogen-bond acceptors (Lipinski definition) is 3. The van der Waals surface area contributed by atoms with Crippen molar-refractivity contribution < 1.29 is 4.79 Å². The summed E-state index contributed by atoms with van der Waals surface area (Å²) in [5.74, 6) is 1.29. The molecule has 0 aromatic rings. The molecule has 1 saturated carbocycles. The monoisotopic (exact) mass is 182 g/mol. The van der Waals surface area contributed by atoms with Gasteiger partial charge in [-0.2, -0.15) is 0 Å². The van der Waals surface area contributed by atoms with Crippen molar-refractivity contribution in [2.24, 2.45) is 5.92 Å². The fourth-order valence-electron chi connectivity index (χ4n) is 1.81. The summed E-state index contributed by atoms with van der Waals surface area (Å²) in [6.45, 7) is 5.15. The summed E-state index contributed by atoms with van der Waals surface area (Å²) < 4.78 is 0. The van der Waals surface area contributed by atoms with Crippen molar-refractivity contribution in [2.45, 2.75) is 32.2 Å². The lowest BCUT2D eigenvalue weighted by molar-refractivity contribution is -0.121. The van der Waals surface area contributed by atoms with E-state index in [1.54, 1.807) is 0 Å². The Balaban J connectivity index is 1.62. The number of carbonyl (C=O) groups excluding carboxylic acids is 1. The van der Waals surface area contributed by atoms with Gasteiger partial charge in [0.2, 0.25) is 0 Å². The topological polar surface area (TPSA) is 32.3 Å². The van der Waals surface area contributed by atoms with Crippen LogP contribution in [0.4, 0.5) is 0 Å². The maximum atomic E-state index is 11.0. The molecular weight excluding hydrogens is 164 g/mol. The van der Waals surface area contributed by atoms with Gasteiger partial charge in [-0.25, -0.2) is 0 Å². The predicted molar refractivity (Wildman–Crippen MR) is 51.4 cm³/mol. The van der Waals surface area contributed by atoms with Crippen LogP contribution in [0.3, 0.4) is 0 Å². The first kappa shape index (κ1) is 9.16. The van der Waals surface area contributed by atoms with Gasteiger partial charge in [-0.15, -0.1) is 0 Å². The predicted octanol–water partition coefficient (Wildman–Crippen LogP) is 0.607. The Morgan fingerprint density at radius 2 is 2.08 bits per heavy atom. The Hall–Kier alpha value is -0.410. The van der Waals surface area contributed by atoms with Crippen LogP contribution in [0.5, 0.6) is 0 Å². The molecule has 3 nitrogen and oxygen atoms in total. The minimum atomic E-state index is 0.427. The van der Waals surface area contributed by atoms with Gasteiger partial charge >= 0.3 is 0 Å². The second-order valence-electron chi connectivity index (χ2n) is 4.34. The van der Waals surface area contributed by atoms with Crippen molar-refractivity contribution in [1.82, 2.24) is 10.2 Å². The van der Waals surface area contributed by atoms with Gasteiger partial charge < -0.3 is 5.32 Å². The zero-order valence-electron chi connectivity index (χ0n) is 8.25. The SMILES string of the molecule is CC1CC1NCN1CCC(=O)CC1. The van der Waals surface area contributed by atoms with E-state index in [1.165, 1.54) is 6.42 Å². The van der Waals surface area contributed by atoms with Crippen LogP contribution in [-0.4, -0.2) is 36.5 Å². The molecule has 0 radical (unpaired) electrons. The Labute approximate surface area is 79.5 Å². The minimum Gasteiger partial charge on any atom is -0.301 e. The van der Waals surface area contributed by atoms with E-state index in [2.05, 4.69) is 17.1 Å². The van der Waals surface area contributed by atoms with Crippen LogP contribution in [0.2, 0.25) is 0 Å². The van der Waals surface area contributed by atoms with Gasteiger partial charge in [0.05, 0.1) is 0 Å². The van der Waals surface area contributed by atoms with Crippen LogP contribution < -0.4 is 5.32 Å². The van der Waals surface area contributed by atoms with E-state index in [0.717, 1.165) is 44.6 Å². The number of ketones is 1. The lowest BCUT2D eigenvalue weighted by Gasteiger charge is -2.25. The normalized spacial score (nSPS) is 35.0. The zero-order chi connectivity index (χ0) is 9.26. The minimum absolute atomic E-state index is 0.427. The number of carbonyl (C=O) groups is 1. The van der Waals surface area contributed by atoms with Crippen LogP contribution in [-0.2, 0) is 4.79 Å². The van der Waals surface area contributed by atoms with Gasteiger partial charge in [0, 0.05) is 38.6 Å². The summed E-state index contributed by atoms with van der Waals surface area (Å²) >= 11 is 0. The molecule has 2 aliphatic rings. The van der Waals surface area contributed by atoms with E-state index < -0.39 is 0 Å². The molecule has 0 spiro atoms. The van der Waals surface area contributed by atoms with Gasteiger partial charge in [-0.1, -0.05) is 6.92 Å². The molecule has 74 valence electrons. The number of nitrogens with zero attached hydrogens (tertiary/aromatic N) is 1. The zero-order valence-corrected chi connectivity index (χ0v) is 8.25. The molecule has 0 amide bonds. The maximum absolute atomic E-state index is 11.0. The third-order valence-corrected chi connectivity index (χ3v) is 3.10. The van der Waals surface area contributed by atoms with Crippen LogP contribution in [0.15, 0.2) is 0 Å². The number of rotatable bonds is 3. The van der Waals surface area contributed by atoms with Crippen LogP contribution in [0.1, 0.15) is 26.2 Å². The van der Waals surface area contributed by atoms with E-state index in [1.807, 2.05) is 0 Å². The number of Topliss-reactive ketones (excluding diaryl/α,β-unsaturated/α-hetero) is 1. The molecule has 1 heterocycles. The molecule has 2 fully saturated rings. The Bertz CT molecular complexity index is 195. The number of likely N-dealkylation sites (tertiary alicyclic amines) is 1. The molecule has 2 rings (SSSR count). The number of piperidine rings is 1. The smallest absolute Gasteiger partial charge is 0.135 e. The molecule has 0 aromatic carbocycles. The molecule has 1 aliphatic carbocycles. The largest absolute Gasteiger partial charge is 0.301 e. The quantitative estimate of drug-likeness (QED) is 0.694. The molecule has 1 aliphatic heterocycles. The Morgan fingerprint density at radius 1 is 1.46 bits per heavy atom. The molecule has 0 aromatic heterocycles. The first-order valence-corrected chi connectivity index (χ1v) is 5.23. The molecular formula is C10H18N2O. The van der Waals surface area contributed by atoms with Gasteiger partial charge in [-0.05, 0) is 12.3 Å². The van der Waals surface area contributed by atoms with E-state index in [4.69, 9.17) is 0 Å². The average molecular weight is 182 g/mol. The maximum Gasteiger partial charge on any atom is 0.135 e. The summed E-state index contributed by atoms with van der Waals surface area (Å²) in [6.07, 6.45) is 2.83. The van der Waals surface area contributed by atoms with E-state index in [-0.39, 0.29) is 0 Å². The summed E-state index contributed by atoms with van der Waals surface area (Å²) in [5.41, 5.74) is 0. The first-order chi connectivity index (χ1) is 6.25. The summed E-state index contributed by atoms with van der Waals surface area (Å²) in [4.78, 5) is 13.3. The fraction of sp³-hybridized carbons (Fsp3) is 0.900. The van der Waals surface area contributed by atoms with Crippen LogP contribution in [0.25, 0.3) is 0 Å². The summed E-state index contributed by atoms with van der Waals surface area (Å²) in [6, 6.07) is 0.748. The van der Waals surface area contributed by atoms with Crippen molar-refractivity contribution in [2.75, 3.05) is 19.8 Å². The fourth-order valence-corrected chi connectivity index (χ4v) is 1.81. The van der Waals surface area contributed by atoms with Crippen molar-refractivity contribution in [1.29, 1.82) is 0 Å². The summed E-state index contributed by atoms with van der Waals surface area (Å²) in [7, 11) is 0. The molecule has 13 heavy (non-hydrogen) atoms. The molecule has 2 unspecified atom stereocenters. The molecule has 1 N–H and O–H groups in total. The highest BCUT2D eigenvalue weighted by molar-refractivity contribution is 5.79. The highest BCUT2D eigenvalue weighted by Crippen LogP contribution is 2.28. The van der Waals surface area contributed by atoms with Crippen LogP contribution in [0, 0.1) is 5.92 Å². The molecule has 0 bridgehead atoms. The summed E-state index contributed by atoms with van der Waals surface area (Å²) in [5, 5.41) is 3.51. The standard InChI is InChI=1S/C10H18N2O/c1-8-6-10(8)11-7-12-4-2-9(13)3-5-12/h8,10-11H,2-7H2,1H3. The molecule has 3 heteroatoms. The van der Waals surface area contributed by atoms with Crippen molar-refractivity contribution in [3.63, 3.8) is 0 Å². The van der Waals surface area contributed by atoms with Crippen molar-refractivity contribution in [3.8, 4) is 0 Å². The number of hydrogen-bond donors (Lipinski definition) is 1. The van der Waals surface area contributed by atoms with Gasteiger partial charge in [0.15, 0.2) is 0 Å². The van der Waals surface area contributed by atoms with Gasteiger partial charge in [-0.3, -0.25) is 9.69 Å². The average Bonchev–Trinajstić information content (AvgIpc) is 2.81. The van der Waals surface area contributed by atoms with Crippen LogP contribution >= 0.6 is 0 Å². The second kappa shape index (κ2) is 3.76. The van der Waals surface area contributed by atoms with E-state index in [9.17, 15) is 4.79 Å². The molecule has 2 atom stereocenters. The number of nitrogens with one attached hydrogen (secondary N) is 1. The lowest BCUT2D eigenvalue weighted by atomic mass is 10.1. The highest BCUT2D eigenvalue weighted by atomic mass is 16.1. The highest BCUT2D eigenvalue weighted by Gasteiger charge is 2.32. The third kappa shape index (κ3) is 2.51.